The van der Waals surface area contributed by atoms with E-state index in [0.29, 0.717) is 30.5 Å². The Bertz CT molecular complexity index is 1120. The number of aromatic nitrogens is 1. The number of benzene rings is 2. The molecule has 1 saturated heterocycles. The third kappa shape index (κ3) is 4.29. The number of hydrogen-bond acceptors (Lipinski definition) is 5. The average Bonchev–Trinajstić information content (AvgIpc) is 3.25. The molecule has 0 aliphatic carbocycles. The highest BCUT2D eigenvalue weighted by Gasteiger charge is 2.28. The number of carbonyl (C=O) groups excluding carboxylic acids is 1. The van der Waals surface area contributed by atoms with Crippen molar-refractivity contribution in [3.8, 4) is 11.3 Å². The molecule has 0 saturated carbocycles. The van der Waals surface area contributed by atoms with Gasteiger partial charge in [-0.15, -0.1) is 0 Å². The number of rotatable bonds is 5. The molecule has 8 heteroatoms. The Hall–Kier alpha value is -2.97. The zero-order valence-corrected chi connectivity index (χ0v) is 17.4. The molecule has 0 bridgehead atoms. The molecule has 7 nitrogen and oxygen atoms in total. The predicted octanol–water partition coefficient (Wildman–Crippen LogP) is 4.01. The largest absolute Gasteiger partial charge is 0.355 e. The summed E-state index contributed by atoms with van der Waals surface area (Å²) in [6.45, 7) is 3.14. The second-order valence-corrected chi connectivity index (χ2v) is 9.47. The van der Waals surface area contributed by atoms with Crippen molar-refractivity contribution in [1.29, 1.82) is 0 Å². The van der Waals surface area contributed by atoms with Gasteiger partial charge < -0.3 is 9.84 Å². The summed E-state index contributed by atoms with van der Waals surface area (Å²) < 4.78 is 32.5. The van der Waals surface area contributed by atoms with E-state index in [1.807, 2.05) is 30.3 Å². The molecule has 1 amide bonds. The van der Waals surface area contributed by atoms with Gasteiger partial charge in [0.15, 0.2) is 11.5 Å². The molecule has 2 aromatic carbocycles. The van der Waals surface area contributed by atoms with E-state index in [9.17, 15) is 13.2 Å². The van der Waals surface area contributed by atoms with Crippen LogP contribution >= 0.6 is 0 Å². The first-order valence-electron chi connectivity index (χ1n) is 9.87. The number of anilines is 1. The minimum atomic E-state index is -3.53. The van der Waals surface area contributed by atoms with E-state index in [4.69, 9.17) is 4.52 Å². The summed E-state index contributed by atoms with van der Waals surface area (Å²) in [7, 11) is -3.53. The number of nitrogens with one attached hydrogen (secondary N) is 1. The van der Waals surface area contributed by atoms with Crippen LogP contribution in [0.3, 0.4) is 0 Å². The summed E-state index contributed by atoms with van der Waals surface area (Å²) in [5.74, 6) is 0.426. The molecule has 3 aromatic rings. The number of hydrogen-bond donors (Lipinski definition) is 1. The normalized spacial score (nSPS) is 17.6. The van der Waals surface area contributed by atoms with Crippen LogP contribution < -0.4 is 5.32 Å². The SMILES string of the molecule is C[C@H]1CCCN(S(=O)(=O)c2ccc(NC(=O)c3cc(-c4ccccc4)on3)cc2)C1. The van der Waals surface area contributed by atoms with E-state index < -0.39 is 15.9 Å². The molecular formula is C22H23N3O4S. The molecule has 1 fully saturated rings. The van der Waals surface area contributed by atoms with Gasteiger partial charge in [-0.2, -0.15) is 4.31 Å². The lowest BCUT2D eigenvalue weighted by Gasteiger charge is -2.30. The highest BCUT2D eigenvalue weighted by Crippen LogP contribution is 2.25. The Morgan fingerprint density at radius 2 is 1.87 bits per heavy atom. The molecule has 30 heavy (non-hydrogen) atoms. The van der Waals surface area contributed by atoms with E-state index in [-0.39, 0.29) is 10.6 Å². The van der Waals surface area contributed by atoms with Crippen LogP contribution in [0.15, 0.2) is 70.1 Å². The molecule has 156 valence electrons. The zero-order chi connectivity index (χ0) is 21.1. The van der Waals surface area contributed by atoms with Gasteiger partial charge in [-0.05, 0) is 43.0 Å². The van der Waals surface area contributed by atoms with Gasteiger partial charge in [0.1, 0.15) is 0 Å². The van der Waals surface area contributed by atoms with Crippen molar-refractivity contribution in [2.45, 2.75) is 24.7 Å². The lowest BCUT2D eigenvalue weighted by atomic mass is 10.0. The Labute approximate surface area is 175 Å². The van der Waals surface area contributed by atoms with E-state index in [1.165, 1.54) is 16.4 Å². The molecule has 0 unspecified atom stereocenters. The van der Waals surface area contributed by atoms with E-state index in [1.54, 1.807) is 18.2 Å². The third-order valence-corrected chi connectivity index (χ3v) is 7.05. The maximum atomic E-state index is 12.8. The highest BCUT2D eigenvalue weighted by atomic mass is 32.2. The fraction of sp³-hybridized carbons (Fsp3) is 0.273. The fourth-order valence-corrected chi connectivity index (χ4v) is 5.14. The van der Waals surface area contributed by atoms with E-state index in [2.05, 4.69) is 17.4 Å². The topological polar surface area (TPSA) is 92.5 Å². The minimum absolute atomic E-state index is 0.146. The number of piperidine rings is 1. The Morgan fingerprint density at radius 1 is 1.13 bits per heavy atom. The van der Waals surface area contributed by atoms with Crippen LogP contribution in [0.1, 0.15) is 30.3 Å². The lowest BCUT2D eigenvalue weighted by Crippen LogP contribution is -2.39. The Balaban J connectivity index is 1.45. The van der Waals surface area contributed by atoms with Gasteiger partial charge in [0, 0.05) is 30.4 Å². The standard InChI is InChI=1S/C22H23N3O4S/c1-16-6-5-13-25(15-16)30(27,28)19-11-9-18(10-12-19)23-22(26)20-14-21(29-24-20)17-7-3-2-4-8-17/h2-4,7-12,14,16H,5-6,13,15H2,1H3,(H,23,26)/t16-/m0/s1. The highest BCUT2D eigenvalue weighted by molar-refractivity contribution is 7.89. The molecule has 1 aromatic heterocycles. The van der Waals surface area contributed by atoms with Crippen molar-refractivity contribution in [1.82, 2.24) is 9.46 Å². The van der Waals surface area contributed by atoms with Crippen molar-refractivity contribution >= 4 is 21.6 Å². The van der Waals surface area contributed by atoms with Gasteiger partial charge in [-0.3, -0.25) is 4.79 Å². The number of nitrogens with zero attached hydrogens (tertiary/aromatic N) is 2. The molecule has 0 spiro atoms. The monoisotopic (exact) mass is 425 g/mol. The maximum absolute atomic E-state index is 12.8. The van der Waals surface area contributed by atoms with Crippen LogP contribution in [0.2, 0.25) is 0 Å². The minimum Gasteiger partial charge on any atom is -0.355 e. The summed E-state index contributed by atoms with van der Waals surface area (Å²) in [6.07, 6.45) is 1.92. The molecule has 1 aliphatic heterocycles. The molecule has 1 aliphatic rings. The maximum Gasteiger partial charge on any atom is 0.277 e. The summed E-state index contributed by atoms with van der Waals surface area (Å²) in [4.78, 5) is 12.7. The molecule has 2 heterocycles. The molecule has 0 radical (unpaired) electrons. The third-order valence-electron chi connectivity index (χ3n) is 5.17. The lowest BCUT2D eigenvalue weighted by molar-refractivity contribution is 0.101. The van der Waals surface area contributed by atoms with Gasteiger partial charge in [0.2, 0.25) is 10.0 Å². The van der Waals surface area contributed by atoms with Crippen LogP contribution in [0, 0.1) is 5.92 Å². The van der Waals surface area contributed by atoms with E-state index in [0.717, 1.165) is 18.4 Å². The summed E-state index contributed by atoms with van der Waals surface area (Å²) in [5, 5.41) is 6.54. The van der Waals surface area contributed by atoms with Crippen LogP contribution in [0.5, 0.6) is 0 Å². The Morgan fingerprint density at radius 3 is 2.57 bits per heavy atom. The van der Waals surface area contributed by atoms with Crippen molar-refractivity contribution in [3.05, 3.63) is 66.4 Å². The molecular weight excluding hydrogens is 402 g/mol. The van der Waals surface area contributed by atoms with Crippen molar-refractivity contribution in [3.63, 3.8) is 0 Å². The second-order valence-electron chi connectivity index (χ2n) is 7.53. The van der Waals surface area contributed by atoms with Gasteiger partial charge >= 0.3 is 0 Å². The van der Waals surface area contributed by atoms with Gasteiger partial charge in [0.05, 0.1) is 4.90 Å². The van der Waals surface area contributed by atoms with Gasteiger partial charge in [-0.25, -0.2) is 8.42 Å². The smallest absolute Gasteiger partial charge is 0.277 e. The first-order chi connectivity index (χ1) is 14.4. The van der Waals surface area contributed by atoms with Crippen LogP contribution in [-0.4, -0.2) is 36.9 Å². The quantitative estimate of drug-likeness (QED) is 0.667. The van der Waals surface area contributed by atoms with Crippen LogP contribution in [-0.2, 0) is 10.0 Å². The molecule has 1 atom stereocenters. The predicted molar refractivity (Wildman–Crippen MR) is 113 cm³/mol. The summed E-state index contributed by atoms with van der Waals surface area (Å²) in [5.41, 5.74) is 1.45. The van der Waals surface area contributed by atoms with Gasteiger partial charge in [-0.1, -0.05) is 42.4 Å². The van der Waals surface area contributed by atoms with Crippen LogP contribution in [0.4, 0.5) is 5.69 Å². The first-order valence-corrected chi connectivity index (χ1v) is 11.3. The Kier molecular flexibility index (Phi) is 5.69. The number of sulfonamides is 1. The van der Waals surface area contributed by atoms with Crippen molar-refractivity contribution in [2.24, 2.45) is 5.92 Å². The number of amides is 1. The summed E-state index contributed by atoms with van der Waals surface area (Å²) >= 11 is 0. The first kappa shape index (κ1) is 20.3. The average molecular weight is 426 g/mol. The second kappa shape index (κ2) is 8.41. The summed E-state index contributed by atoms with van der Waals surface area (Å²) in [6, 6.07) is 17.1. The zero-order valence-electron chi connectivity index (χ0n) is 16.6. The van der Waals surface area contributed by atoms with Gasteiger partial charge in [0.25, 0.3) is 5.91 Å². The van der Waals surface area contributed by atoms with Crippen LogP contribution in [0.25, 0.3) is 11.3 Å². The van der Waals surface area contributed by atoms with Crippen molar-refractivity contribution in [2.75, 3.05) is 18.4 Å². The molecule has 4 rings (SSSR count). The fourth-order valence-electron chi connectivity index (χ4n) is 3.54. The molecule has 1 N–H and O–H groups in total. The van der Waals surface area contributed by atoms with Crippen molar-refractivity contribution < 1.29 is 17.7 Å². The number of carbonyl (C=O) groups is 1. The van der Waals surface area contributed by atoms with E-state index >= 15 is 0 Å².